The van der Waals surface area contributed by atoms with Gasteiger partial charge in [0.1, 0.15) is 6.26 Å². The molecule has 1 aromatic heterocycles. The molecule has 3 aromatic rings. The molecule has 2 aromatic carbocycles. The molecule has 0 saturated carbocycles. The zero-order valence-electron chi connectivity index (χ0n) is 16.1. The van der Waals surface area contributed by atoms with Crippen LogP contribution in [0.1, 0.15) is 20.8 Å². The van der Waals surface area contributed by atoms with Crippen molar-refractivity contribution in [2.45, 2.75) is 31.9 Å². The predicted octanol–water partition coefficient (Wildman–Crippen LogP) is 3.44. The van der Waals surface area contributed by atoms with Crippen LogP contribution in [0.2, 0.25) is 5.04 Å². The van der Waals surface area contributed by atoms with Crippen molar-refractivity contribution in [2.24, 2.45) is 0 Å². The molecule has 1 fully saturated rings. The summed E-state index contributed by atoms with van der Waals surface area (Å²) < 4.78 is 12.5. The lowest BCUT2D eigenvalue weighted by atomic mass is 10.2. The minimum atomic E-state index is -2.47. The first-order valence-corrected chi connectivity index (χ1v) is 11.3. The van der Waals surface area contributed by atoms with E-state index in [1.165, 1.54) is 10.4 Å². The van der Waals surface area contributed by atoms with Crippen LogP contribution in [-0.2, 0) is 4.43 Å². The van der Waals surface area contributed by atoms with Gasteiger partial charge in [-0.3, -0.25) is 0 Å². The van der Waals surface area contributed by atoms with Crippen molar-refractivity contribution in [3.63, 3.8) is 0 Å². The molecule has 0 amide bonds. The Morgan fingerprint density at radius 2 is 1.52 bits per heavy atom. The zero-order valence-corrected chi connectivity index (χ0v) is 17.1. The van der Waals surface area contributed by atoms with Gasteiger partial charge in [0.2, 0.25) is 0 Å². The van der Waals surface area contributed by atoms with Crippen LogP contribution in [-0.4, -0.2) is 32.5 Å². The first-order chi connectivity index (χ1) is 13.0. The molecule has 4 rings (SSSR count). The van der Waals surface area contributed by atoms with E-state index in [9.17, 15) is 0 Å². The lowest BCUT2D eigenvalue weighted by Crippen LogP contribution is -2.70. The molecule has 5 heteroatoms. The standard InChI is InChI=1S/C22H26N2O2Si/c1-22(2,3)27(19-10-6-4-7-11-19,20-12-8-5-9-13-20)26-18-16-24(17-18)21-23-14-15-25-21/h4-15,18H,16-17H2,1-3H3. The maximum Gasteiger partial charge on any atom is 0.297 e. The highest BCUT2D eigenvalue weighted by molar-refractivity contribution is 6.99. The van der Waals surface area contributed by atoms with Crippen molar-refractivity contribution in [3.05, 3.63) is 73.1 Å². The van der Waals surface area contributed by atoms with E-state index in [1.807, 2.05) is 0 Å². The smallest absolute Gasteiger partial charge is 0.297 e. The number of oxazole rings is 1. The summed E-state index contributed by atoms with van der Waals surface area (Å²) in [6.07, 6.45) is 3.47. The SMILES string of the molecule is CC(C)(C)[Si](OC1CN(c2ncco2)C1)(c1ccccc1)c1ccccc1. The Morgan fingerprint density at radius 1 is 0.963 bits per heavy atom. The van der Waals surface area contributed by atoms with E-state index < -0.39 is 8.32 Å². The van der Waals surface area contributed by atoms with Gasteiger partial charge in [-0.15, -0.1) is 0 Å². The Morgan fingerprint density at radius 3 is 1.96 bits per heavy atom. The quantitative estimate of drug-likeness (QED) is 0.638. The number of rotatable bonds is 5. The Labute approximate surface area is 161 Å². The van der Waals surface area contributed by atoms with Gasteiger partial charge >= 0.3 is 0 Å². The second-order valence-electron chi connectivity index (χ2n) is 8.12. The lowest BCUT2D eigenvalue weighted by molar-refractivity contribution is 0.150. The van der Waals surface area contributed by atoms with Crippen LogP contribution in [0.3, 0.4) is 0 Å². The number of hydrogen-bond donors (Lipinski definition) is 0. The summed E-state index contributed by atoms with van der Waals surface area (Å²) in [4.78, 5) is 6.38. The van der Waals surface area contributed by atoms with Gasteiger partial charge in [-0.1, -0.05) is 81.4 Å². The highest BCUT2D eigenvalue weighted by Gasteiger charge is 2.52. The van der Waals surface area contributed by atoms with Gasteiger partial charge in [-0.2, -0.15) is 0 Å². The van der Waals surface area contributed by atoms with E-state index in [0.717, 1.165) is 13.1 Å². The van der Waals surface area contributed by atoms with Crippen molar-refractivity contribution in [2.75, 3.05) is 18.0 Å². The molecule has 0 spiro atoms. The van der Waals surface area contributed by atoms with Crippen molar-refractivity contribution in [1.82, 2.24) is 4.98 Å². The number of nitrogens with zero attached hydrogens (tertiary/aromatic N) is 2. The van der Waals surface area contributed by atoms with E-state index in [4.69, 9.17) is 8.84 Å². The molecule has 4 nitrogen and oxygen atoms in total. The molecule has 0 radical (unpaired) electrons. The van der Waals surface area contributed by atoms with Gasteiger partial charge < -0.3 is 13.7 Å². The van der Waals surface area contributed by atoms with Gasteiger partial charge in [0.05, 0.1) is 12.3 Å². The molecule has 0 N–H and O–H groups in total. The maximum atomic E-state index is 7.07. The molecule has 0 unspecified atom stereocenters. The fourth-order valence-electron chi connectivity index (χ4n) is 3.98. The fourth-order valence-corrected chi connectivity index (χ4v) is 8.65. The maximum absolute atomic E-state index is 7.07. The highest BCUT2D eigenvalue weighted by Crippen LogP contribution is 2.38. The highest BCUT2D eigenvalue weighted by atomic mass is 28.4. The summed E-state index contributed by atoms with van der Waals surface area (Å²) in [6, 6.07) is 22.2. The van der Waals surface area contributed by atoms with Crippen molar-refractivity contribution < 1.29 is 8.84 Å². The normalized spacial score (nSPS) is 15.6. The van der Waals surface area contributed by atoms with E-state index >= 15 is 0 Å². The van der Waals surface area contributed by atoms with E-state index in [1.54, 1.807) is 12.5 Å². The molecule has 1 aliphatic heterocycles. The summed E-state index contributed by atoms with van der Waals surface area (Å²) in [5.74, 6) is 0. The lowest BCUT2D eigenvalue weighted by Gasteiger charge is -2.49. The molecule has 1 aliphatic rings. The minimum Gasteiger partial charge on any atom is -0.432 e. The van der Waals surface area contributed by atoms with Crippen LogP contribution in [0.25, 0.3) is 0 Å². The van der Waals surface area contributed by atoms with Crippen LogP contribution < -0.4 is 15.3 Å². The van der Waals surface area contributed by atoms with Crippen LogP contribution in [0.5, 0.6) is 0 Å². The first-order valence-electron chi connectivity index (χ1n) is 9.44. The summed E-state index contributed by atoms with van der Waals surface area (Å²) in [6.45, 7) is 8.55. The van der Waals surface area contributed by atoms with Gasteiger partial charge in [-0.25, -0.2) is 4.98 Å². The zero-order chi connectivity index (χ0) is 18.9. The third-order valence-corrected chi connectivity index (χ3v) is 10.4. The molecule has 0 bridgehead atoms. The number of aromatic nitrogens is 1. The molecule has 2 heterocycles. The summed E-state index contributed by atoms with van der Waals surface area (Å²) in [5, 5.41) is 2.63. The van der Waals surface area contributed by atoms with Gasteiger partial charge in [-0.05, 0) is 15.4 Å². The third kappa shape index (κ3) is 3.22. The van der Waals surface area contributed by atoms with Crippen molar-refractivity contribution >= 4 is 24.7 Å². The molecular formula is C22H26N2O2Si. The van der Waals surface area contributed by atoms with Crippen molar-refractivity contribution in [1.29, 1.82) is 0 Å². The molecule has 0 aliphatic carbocycles. The fraction of sp³-hybridized carbons (Fsp3) is 0.318. The van der Waals surface area contributed by atoms with Gasteiger partial charge in [0.25, 0.3) is 14.3 Å². The third-order valence-electron chi connectivity index (χ3n) is 5.30. The summed E-state index contributed by atoms with van der Waals surface area (Å²) in [7, 11) is -2.47. The largest absolute Gasteiger partial charge is 0.432 e. The Kier molecular flexibility index (Phi) is 4.66. The average Bonchev–Trinajstić information content (AvgIpc) is 3.15. The molecular weight excluding hydrogens is 352 g/mol. The van der Waals surface area contributed by atoms with Crippen LogP contribution in [0.15, 0.2) is 77.5 Å². The van der Waals surface area contributed by atoms with Gasteiger partial charge in [0, 0.05) is 13.1 Å². The van der Waals surface area contributed by atoms with Crippen LogP contribution >= 0.6 is 0 Å². The predicted molar refractivity (Wildman–Crippen MR) is 111 cm³/mol. The van der Waals surface area contributed by atoms with E-state index in [2.05, 4.69) is 91.3 Å². The second kappa shape index (κ2) is 6.98. The molecule has 1 saturated heterocycles. The first kappa shape index (κ1) is 18.0. The minimum absolute atomic E-state index is 0.000934. The van der Waals surface area contributed by atoms with E-state index in [-0.39, 0.29) is 11.1 Å². The van der Waals surface area contributed by atoms with Crippen molar-refractivity contribution in [3.8, 4) is 0 Å². The Bertz CT molecular complexity index is 815. The monoisotopic (exact) mass is 378 g/mol. The topological polar surface area (TPSA) is 38.5 Å². The summed E-state index contributed by atoms with van der Waals surface area (Å²) >= 11 is 0. The number of hydrogen-bond acceptors (Lipinski definition) is 4. The van der Waals surface area contributed by atoms with Gasteiger partial charge in [0.15, 0.2) is 0 Å². The Hall–Kier alpha value is -2.37. The molecule has 27 heavy (non-hydrogen) atoms. The molecule has 140 valence electrons. The second-order valence-corrected chi connectivity index (χ2v) is 12.4. The van der Waals surface area contributed by atoms with Crippen LogP contribution in [0, 0.1) is 0 Å². The average molecular weight is 379 g/mol. The molecule has 0 atom stereocenters. The van der Waals surface area contributed by atoms with E-state index in [0.29, 0.717) is 6.01 Å². The number of benzene rings is 2. The Balaban J connectivity index is 1.70. The van der Waals surface area contributed by atoms with Crippen LogP contribution in [0.4, 0.5) is 6.01 Å². The number of anilines is 1. The summed E-state index contributed by atoms with van der Waals surface area (Å²) in [5.41, 5.74) is 0.